The summed E-state index contributed by atoms with van der Waals surface area (Å²) in [5.74, 6) is 1.01. The summed E-state index contributed by atoms with van der Waals surface area (Å²) in [4.78, 5) is 27.3. The minimum Gasteiger partial charge on any atom is -0.372 e. The zero-order chi connectivity index (χ0) is 18.6. The smallest absolute Gasteiger partial charge is 0.223 e. The van der Waals surface area contributed by atoms with Crippen LogP contribution in [-0.4, -0.2) is 59.7 Å². The lowest BCUT2D eigenvalue weighted by atomic mass is 9.91. The van der Waals surface area contributed by atoms with Gasteiger partial charge in [-0.25, -0.2) is 4.99 Å². The van der Waals surface area contributed by atoms with Crippen molar-refractivity contribution in [2.24, 2.45) is 15.4 Å². The van der Waals surface area contributed by atoms with Crippen LogP contribution in [-0.2, 0) is 9.53 Å². The van der Waals surface area contributed by atoms with Gasteiger partial charge in [0.1, 0.15) is 0 Å². The Morgan fingerprint density at radius 2 is 1.92 bits per heavy atom. The van der Waals surface area contributed by atoms with Crippen LogP contribution in [0.15, 0.2) is 34.5 Å². The van der Waals surface area contributed by atoms with Crippen molar-refractivity contribution < 1.29 is 9.53 Å². The molecule has 1 aromatic rings. The Balaban J connectivity index is 1.42. The number of amides is 1. The number of carbonyl (C=O) groups excluding carboxylic acids is 1. The molecule has 6 heteroatoms. The summed E-state index contributed by atoms with van der Waals surface area (Å²) in [6.07, 6.45) is 6.07. The van der Waals surface area contributed by atoms with E-state index in [4.69, 9.17) is 4.74 Å². The number of nitrogens with zero attached hydrogens (tertiary/aromatic N) is 4. The van der Waals surface area contributed by atoms with Crippen LogP contribution in [0.1, 0.15) is 45.6 Å². The first-order valence-corrected chi connectivity index (χ1v) is 9.31. The Morgan fingerprint density at radius 1 is 1.23 bits per heavy atom. The van der Waals surface area contributed by atoms with E-state index >= 15 is 0 Å². The first kappa shape index (κ1) is 18.7. The second-order valence-corrected chi connectivity index (χ2v) is 8.18. The number of aromatic nitrogens is 1. The molecule has 0 N–H and O–H groups in total. The minimum absolute atomic E-state index is 0.0393. The molecule has 0 aromatic carbocycles. The molecule has 0 radical (unpaired) electrons. The van der Waals surface area contributed by atoms with E-state index in [0.29, 0.717) is 19.6 Å². The molecule has 1 saturated heterocycles. The third-order valence-corrected chi connectivity index (χ3v) is 4.58. The topological polar surface area (TPSA) is 67.2 Å². The molecule has 26 heavy (non-hydrogen) atoms. The van der Waals surface area contributed by atoms with Crippen LogP contribution in [0.5, 0.6) is 0 Å². The largest absolute Gasteiger partial charge is 0.372 e. The highest BCUT2D eigenvalue weighted by Gasteiger charge is 2.26. The Labute approximate surface area is 155 Å². The normalized spacial score (nSPS) is 18.7. The fraction of sp³-hybridized carbons (Fsp3) is 0.600. The lowest BCUT2D eigenvalue weighted by Gasteiger charge is -2.33. The molecule has 0 saturated carbocycles. The van der Waals surface area contributed by atoms with Crippen LogP contribution >= 0.6 is 0 Å². The van der Waals surface area contributed by atoms with Crippen LogP contribution in [0, 0.1) is 5.41 Å². The van der Waals surface area contributed by atoms with Gasteiger partial charge in [-0.2, -0.15) is 0 Å². The summed E-state index contributed by atoms with van der Waals surface area (Å²) in [7, 11) is 0. The molecule has 0 bridgehead atoms. The van der Waals surface area contributed by atoms with Crippen molar-refractivity contribution in [3.8, 4) is 0 Å². The predicted molar refractivity (Wildman–Crippen MR) is 103 cm³/mol. The second-order valence-electron chi connectivity index (χ2n) is 8.18. The summed E-state index contributed by atoms with van der Waals surface area (Å²) in [5, 5.41) is 0. The highest BCUT2D eigenvalue weighted by Crippen LogP contribution is 2.22. The first-order chi connectivity index (χ1) is 12.4. The third-order valence-electron chi connectivity index (χ3n) is 4.58. The first-order valence-electron chi connectivity index (χ1n) is 9.31. The quantitative estimate of drug-likeness (QED) is 0.815. The van der Waals surface area contributed by atoms with Gasteiger partial charge in [0.25, 0.3) is 0 Å². The van der Waals surface area contributed by atoms with Crippen molar-refractivity contribution >= 4 is 17.5 Å². The maximum atomic E-state index is 12.3. The molecule has 140 valence electrons. The van der Waals surface area contributed by atoms with Gasteiger partial charge < -0.3 is 9.64 Å². The molecule has 0 unspecified atom stereocenters. The van der Waals surface area contributed by atoms with Crippen LogP contribution in [0.25, 0.3) is 0 Å². The zero-order valence-corrected chi connectivity index (χ0v) is 15.9. The molecule has 1 aromatic heterocycles. The van der Waals surface area contributed by atoms with Crippen LogP contribution in [0.4, 0.5) is 0 Å². The fourth-order valence-corrected chi connectivity index (χ4v) is 3.17. The maximum Gasteiger partial charge on any atom is 0.223 e. The SMILES string of the molecule is CC(C)(C)CC(=O)N1CCC(OCC2=NC(c3ccncc3)=NC2)CC1. The Bertz CT molecular complexity index is 684. The molecule has 0 aliphatic carbocycles. The summed E-state index contributed by atoms with van der Waals surface area (Å²) < 4.78 is 6.03. The minimum atomic E-state index is 0.0393. The molecule has 3 heterocycles. The van der Waals surface area contributed by atoms with Gasteiger partial charge in [-0.15, -0.1) is 0 Å². The van der Waals surface area contributed by atoms with Crippen LogP contribution < -0.4 is 0 Å². The molecule has 1 amide bonds. The fourth-order valence-electron chi connectivity index (χ4n) is 3.17. The van der Waals surface area contributed by atoms with Gasteiger partial charge in [-0.1, -0.05) is 20.8 Å². The van der Waals surface area contributed by atoms with Gasteiger partial charge in [-0.05, 0) is 30.4 Å². The van der Waals surface area contributed by atoms with Gasteiger partial charge in [0.15, 0.2) is 5.84 Å². The molecular formula is C20H28N4O2. The third kappa shape index (κ3) is 5.21. The Hall–Kier alpha value is -2.08. The second kappa shape index (κ2) is 8.08. The maximum absolute atomic E-state index is 12.3. The van der Waals surface area contributed by atoms with Gasteiger partial charge in [-0.3, -0.25) is 14.8 Å². The van der Waals surface area contributed by atoms with E-state index in [9.17, 15) is 4.79 Å². The number of piperidine rings is 1. The molecule has 0 spiro atoms. The molecule has 2 aliphatic heterocycles. The van der Waals surface area contributed by atoms with Crippen molar-refractivity contribution in [1.82, 2.24) is 9.88 Å². The highest BCUT2D eigenvalue weighted by molar-refractivity contribution is 6.11. The molecular weight excluding hydrogens is 328 g/mol. The average Bonchev–Trinajstić information content (AvgIpc) is 3.09. The van der Waals surface area contributed by atoms with Crippen LogP contribution in [0.2, 0.25) is 0 Å². The number of ether oxygens (including phenoxy) is 1. The van der Waals surface area contributed by atoms with E-state index in [1.807, 2.05) is 17.0 Å². The Morgan fingerprint density at radius 3 is 2.58 bits per heavy atom. The molecule has 1 fully saturated rings. The molecule has 3 rings (SSSR count). The number of hydrogen-bond acceptors (Lipinski definition) is 5. The van der Waals surface area contributed by atoms with E-state index in [0.717, 1.165) is 43.0 Å². The summed E-state index contributed by atoms with van der Waals surface area (Å²) in [6, 6.07) is 3.83. The number of pyridine rings is 1. The van der Waals surface area contributed by atoms with Gasteiger partial charge in [0, 0.05) is 37.5 Å². The van der Waals surface area contributed by atoms with Crippen molar-refractivity contribution in [2.45, 2.75) is 46.1 Å². The van der Waals surface area contributed by atoms with Gasteiger partial charge >= 0.3 is 0 Å². The standard InChI is InChI=1S/C20H28N4O2/c1-20(2,3)12-18(25)24-10-6-17(7-11-24)26-14-16-13-22-19(23-16)15-4-8-21-9-5-15/h4-5,8-9,17H,6-7,10-14H2,1-3H3. The zero-order valence-electron chi connectivity index (χ0n) is 15.9. The van der Waals surface area contributed by atoms with Gasteiger partial charge in [0.05, 0.1) is 25.0 Å². The van der Waals surface area contributed by atoms with E-state index < -0.39 is 0 Å². The molecule has 2 aliphatic rings. The molecule has 0 atom stereocenters. The van der Waals surface area contributed by atoms with Crippen molar-refractivity contribution in [2.75, 3.05) is 26.2 Å². The van der Waals surface area contributed by atoms with E-state index in [-0.39, 0.29) is 17.4 Å². The predicted octanol–water partition coefficient (Wildman–Crippen LogP) is 2.73. The highest BCUT2D eigenvalue weighted by atomic mass is 16.5. The lowest BCUT2D eigenvalue weighted by Crippen LogP contribution is -2.42. The van der Waals surface area contributed by atoms with Gasteiger partial charge in [0.2, 0.25) is 5.91 Å². The number of amidine groups is 1. The Kier molecular flexibility index (Phi) is 5.81. The molecule has 6 nitrogen and oxygen atoms in total. The van der Waals surface area contributed by atoms with Crippen molar-refractivity contribution in [3.05, 3.63) is 30.1 Å². The van der Waals surface area contributed by atoms with Crippen molar-refractivity contribution in [3.63, 3.8) is 0 Å². The number of carbonyl (C=O) groups is 1. The number of rotatable bonds is 5. The van der Waals surface area contributed by atoms with E-state index in [1.165, 1.54) is 0 Å². The van der Waals surface area contributed by atoms with Crippen LogP contribution in [0.3, 0.4) is 0 Å². The van der Waals surface area contributed by atoms with E-state index in [1.54, 1.807) is 12.4 Å². The number of hydrogen-bond donors (Lipinski definition) is 0. The monoisotopic (exact) mass is 356 g/mol. The number of likely N-dealkylation sites (tertiary alicyclic amines) is 1. The summed E-state index contributed by atoms with van der Waals surface area (Å²) in [6.45, 7) is 8.98. The van der Waals surface area contributed by atoms with E-state index in [2.05, 4.69) is 35.7 Å². The average molecular weight is 356 g/mol. The lowest BCUT2D eigenvalue weighted by molar-refractivity contribution is -0.135. The summed E-state index contributed by atoms with van der Waals surface area (Å²) >= 11 is 0. The number of aliphatic imine (C=N–C) groups is 2. The summed E-state index contributed by atoms with van der Waals surface area (Å²) in [5.41, 5.74) is 1.99. The van der Waals surface area contributed by atoms with Crippen molar-refractivity contribution in [1.29, 1.82) is 0 Å².